The number of Topliss-reactive ketones (excluding diaryl/α,β-unsaturated/α-hetero) is 1. The molecule has 2 aromatic rings. The number of hydrogen-bond acceptors (Lipinski definition) is 3. The van der Waals surface area contributed by atoms with Gasteiger partial charge in [-0.25, -0.2) is 8.42 Å². The Morgan fingerprint density at radius 2 is 1.81 bits per heavy atom. The molecule has 0 spiro atoms. The van der Waals surface area contributed by atoms with E-state index in [-0.39, 0.29) is 4.90 Å². The first-order valence-corrected chi connectivity index (χ1v) is 8.83. The Balaban J connectivity index is 2.33. The van der Waals surface area contributed by atoms with Gasteiger partial charge in [0, 0.05) is 10.0 Å². The zero-order valence-electron chi connectivity index (χ0n) is 11.8. The van der Waals surface area contributed by atoms with Gasteiger partial charge in [0.1, 0.15) is 5.75 Å². The first-order valence-electron chi connectivity index (χ1n) is 6.38. The highest BCUT2D eigenvalue weighted by Crippen LogP contribution is 2.20. The molecule has 0 aliphatic rings. The Kier molecular flexibility index (Phi) is 4.64. The van der Waals surface area contributed by atoms with Crippen LogP contribution in [0.1, 0.15) is 21.5 Å². The second-order valence-electron chi connectivity index (χ2n) is 4.96. The number of sulfone groups is 1. The molecule has 0 saturated carbocycles. The van der Waals surface area contributed by atoms with Gasteiger partial charge < -0.3 is 0 Å². The van der Waals surface area contributed by atoms with Crippen LogP contribution in [-0.2, 0) is 9.84 Å². The summed E-state index contributed by atoms with van der Waals surface area (Å²) < 4.78 is 25.6. The fourth-order valence-electron chi connectivity index (χ4n) is 2.04. The molecule has 0 saturated heterocycles. The lowest BCUT2D eigenvalue weighted by molar-refractivity contribution is 0.102. The molecule has 0 radical (unpaired) electrons. The number of carbonyl (C=O) groups excluding carboxylic acids is 1. The second-order valence-corrected chi connectivity index (χ2v) is 7.84. The molecule has 0 atom stereocenters. The van der Waals surface area contributed by atoms with E-state index in [0.717, 1.165) is 10.0 Å². The van der Waals surface area contributed by atoms with E-state index in [9.17, 15) is 13.2 Å². The minimum absolute atomic E-state index is 0.228. The van der Waals surface area contributed by atoms with Crippen molar-refractivity contribution in [2.45, 2.75) is 18.7 Å². The zero-order chi connectivity index (χ0) is 15.6. The standard InChI is InChI=1S/C16H15BrO3S/c1-11-6-7-12(2)16(8-11)21(19,20)10-15(18)13-4-3-5-14(17)9-13/h3-9H,10H2,1-2H3. The van der Waals surface area contributed by atoms with E-state index < -0.39 is 21.4 Å². The van der Waals surface area contributed by atoms with Crippen LogP contribution in [0.5, 0.6) is 0 Å². The molecule has 0 bridgehead atoms. The van der Waals surface area contributed by atoms with Crippen LogP contribution < -0.4 is 0 Å². The molecule has 110 valence electrons. The molecule has 21 heavy (non-hydrogen) atoms. The normalized spacial score (nSPS) is 11.4. The first kappa shape index (κ1) is 15.9. The second kappa shape index (κ2) is 6.12. The molecule has 0 aliphatic heterocycles. The van der Waals surface area contributed by atoms with Gasteiger partial charge in [-0.05, 0) is 43.2 Å². The number of ketones is 1. The van der Waals surface area contributed by atoms with Crippen molar-refractivity contribution in [1.29, 1.82) is 0 Å². The number of aryl methyl sites for hydroxylation is 2. The Labute approximate surface area is 133 Å². The van der Waals surface area contributed by atoms with Crippen molar-refractivity contribution < 1.29 is 13.2 Å². The molecule has 0 aliphatic carbocycles. The highest BCUT2D eigenvalue weighted by molar-refractivity contribution is 9.10. The molecule has 3 nitrogen and oxygen atoms in total. The van der Waals surface area contributed by atoms with Gasteiger partial charge in [-0.15, -0.1) is 0 Å². The highest BCUT2D eigenvalue weighted by atomic mass is 79.9. The maximum atomic E-state index is 12.4. The minimum Gasteiger partial charge on any atom is -0.293 e. The van der Waals surface area contributed by atoms with Gasteiger partial charge in [0.15, 0.2) is 15.6 Å². The molecule has 0 amide bonds. The van der Waals surface area contributed by atoms with Crippen LogP contribution in [0, 0.1) is 13.8 Å². The van der Waals surface area contributed by atoms with Crippen LogP contribution in [0.15, 0.2) is 51.8 Å². The first-order chi connectivity index (χ1) is 9.79. The predicted molar refractivity (Wildman–Crippen MR) is 86.4 cm³/mol. The summed E-state index contributed by atoms with van der Waals surface area (Å²) in [6, 6.07) is 12.0. The summed E-state index contributed by atoms with van der Waals surface area (Å²) >= 11 is 3.27. The Hall–Kier alpha value is -1.46. The van der Waals surface area contributed by atoms with E-state index in [1.165, 1.54) is 0 Å². The molecule has 0 N–H and O–H groups in total. The quantitative estimate of drug-likeness (QED) is 0.774. The molecule has 0 fully saturated rings. The van der Waals surface area contributed by atoms with E-state index in [4.69, 9.17) is 0 Å². The van der Waals surface area contributed by atoms with Gasteiger partial charge in [0.25, 0.3) is 0 Å². The number of benzene rings is 2. The molecule has 0 unspecified atom stereocenters. The van der Waals surface area contributed by atoms with Crippen LogP contribution in [0.4, 0.5) is 0 Å². The van der Waals surface area contributed by atoms with E-state index in [2.05, 4.69) is 15.9 Å². The molecule has 2 rings (SSSR count). The molecule has 0 heterocycles. The summed E-state index contributed by atoms with van der Waals surface area (Å²) in [5.41, 5.74) is 1.90. The predicted octanol–water partition coefficient (Wildman–Crippen LogP) is 3.72. The van der Waals surface area contributed by atoms with Gasteiger partial charge in [-0.1, -0.05) is 40.2 Å². The number of halogens is 1. The van der Waals surface area contributed by atoms with Crippen LogP contribution in [0.2, 0.25) is 0 Å². The third-order valence-electron chi connectivity index (χ3n) is 3.15. The van der Waals surface area contributed by atoms with Crippen LogP contribution in [0.3, 0.4) is 0 Å². The topological polar surface area (TPSA) is 51.2 Å². The Morgan fingerprint density at radius 3 is 2.48 bits per heavy atom. The van der Waals surface area contributed by atoms with Gasteiger partial charge in [0.05, 0.1) is 4.90 Å². The van der Waals surface area contributed by atoms with Crippen LogP contribution in [-0.4, -0.2) is 20.0 Å². The highest BCUT2D eigenvalue weighted by Gasteiger charge is 2.22. The van der Waals surface area contributed by atoms with Gasteiger partial charge in [-0.3, -0.25) is 4.79 Å². The van der Waals surface area contributed by atoms with Crippen molar-refractivity contribution in [1.82, 2.24) is 0 Å². The summed E-state index contributed by atoms with van der Waals surface area (Å²) in [4.78, 5) is 12.4. The fraction of sp³-hybridized carbons (Fsp3) is 0.188. The van der Waals surface area contributed by atoms with Crippen molar-refractivity contribution in [2.75, 3.05) is 5.75 Å². The fourth-order valence-corrected chi connectivity index (χ4v) is 4.03. The average molecular weight is 367 g/mol. The van der Waals surface area contributed by atoms with E-state index in [0.29, 0.717) is 11.1 Å². The number of carbonyl (C=O) groups is 1. The number of rotatable bonds is 4. The van der Waals surface area contributed by atoms with Crippen LogP contribution in [0.25, 0.3) is 0 Å². The third kappa shape index (κ3) is 3.80. The lowest BCUT2D eigenvalue weighted by atomic mass is 10.1. The minimum atomic E-state index is -3.64. The van der Waals surface area contributed by atoms with Crippen molar-refractivity contribution in [3.05, 3.63) is 63.6 Å². The summed E-state index contributed by atoms with van der Waals surface area (Å²) in [6.45, 7) is 3.56. The van der Waals surface area contributed by atoms with Crippen molar-refractivity contribution in [3.63, 3.8) is 0 Å². The smallest absolute Gasteiger partial charge is 0.186 e. The molecule has 5 heteroatoms. The molecule has 2 aromatic carbocycles. The number of hydrogen-bond donors (Lipinski definition) is 0. The van der Waals surface area contributed by atoms with E-state index in [1.807, 2.05) is 13.0 Å². The Morgan fingerprint density at radius 1 is 1.10 bits per heavy atom. The average Bonchev–Trinajstić information content (AvgIpc) is 2.41. The lowest BCUT2D eigenvalue weighted by Crippen LogP contribution is -2.17. The third-order valence-corrected chi connectivity index (χ3v) is 5.39. The van der Waals surface area contributed by atoms with Gasteiger partial charge in [-0.2, -0.15) is 0 Å². The summed E-state index contributed by atoms with van der Waals surface area (Å²) in [7, 11) is -3.64. The van der Waals surface area contributed by atoms with E-state index >= 15 is 0 Å². The van der Waals surface area contributed by atoms with Crippen LogP contribution >= 0.6 is 15.9 Å². The van der Waals surface area contributed by atoms with Gasteiger partial charge >= 0.3 is 0 Å². The van der Waals surface area contributed by atoms with Gasteiger partial charge in [0.2, 0.25) is 0 Å². The summed E-state index contributed by atoms with van der Waals surface area (Å²) in [6.07, 6.45) is 0. The monoisotopic (exact) mass is 366 g/mol. The van der Waals surface area contributed by atoms with E-state index in [1.54, 1.807) is 43.3 Å². The SMILES string of the molecule is Cc1ccc(C)c(S(=O)(=O)CC(=O)c2cccc(Br)c2)c1. The van der Waals surface area contributed by atoms with Crippen molar-refractivity contribution in [2.24, 2.45) is 0 Å². The molecule has 0 aromatic heterocycles. The lowest BCUT2D eigenvalue weighted by Gasteiger charge is -2.08. The molecular weight excluding hydrogens is 352 g/mol. The summed E-state index contributed by atoms with van der Waals surface area (Å²) in [5.74, 6) is -0.925. The molecular formula is C16H15BrO3S. The maximum Gasteiger partial charge on any atom is 0.186 e. The maximum absolute atomic E-state index is 12.4. The summed E-state index contributed by atoms with van der Waals surface area (Å²) in [5, 5.41) is 0. The zero-order valence-corrected chi connectivity index (χ0v) is 14.2. The Bertz CT molecular complexity index is 795. The largest absolute Gasteiger partial charge is 0.293 e. The van der Waals surface area contributed by atoms with Crippen molar-refractivity contribution >= 4 is 31.6 Å². The van der Waals surface area contributed by atoms with Crippen molar-refractivity contribution in [3.8, 4) is 0 Å².